The molecular weight excluding hydrogens is 194 g/mol. The van der Waals surface area contributed by atoms with Crippen LogP contribution in [0.15, 0.2) is 0 Å². The summed E-state index contributed by atoms with van der Waals surface area (Å²) in [7, 11) is 0. The summed E-state index contributed by atoms with van der Waals surface area (Å²) in [6.07, 6.45) is 8.49. The molecule has 0 saturated heterocycles. The molecule has 0 aromatic rings. The van der Waals surface area contributed by atoms with E-state index in [0.29, 0.717) is 5.41 Å². The van der Waals surface area contributed by atoms with Crippen LogP contribution in [0.25, 0.3) is 0 Å². The van der Waals surface area contributed by atoms with Crippen LogP contribution in [0.5, 0.6) is 0 Å². The third-order valence-electron chi connectivity index (χ3n) is 3.57. The topological polar surface area (TPSA) is 12.0 Å². The Hall–Kier alpha value is -0.0400. The van der Waals surface area contributed by atoms with E-state index in [4.69, 9.17) is 0 Å². The highest BCUT2D eigenvalue weighted by Gasteiger charge is 2.26. The van der Waals surface area contributed by atoms with E-state index in [1.807, 2.05) is 0 Å². The van der Waals surface area contributed by atoms with Gasteiger partial charge in [-0.1, -0.05) is 40.0 Å². The second kappa shape index (κ2) is 5.53. The van der Waals surface area contributed by atoms with Crippen molar-refractivity contribution in [2.75, 3.05) is 6.54 Å². The van der Waals surface area contributed by atoms with Gasteiger partial charge in [-0.05, 0) is 51.0 Å². The first kappa shape index (κ1) is 14.0. The minimum absolute atomic E-state index is 0.287. The molecule has 0 atom stereocenters. The maximum atomic E-state index is 3.79. The fourth-order valence-corrected chi connectivity index (χ4v) is 3.20. The van der Waals surface area contributed by atoms with Gasteiger partial charge in [-0.2, -0.15) is 0 Å². The van der Waals surface area contributed by atoms with Crippen molar-refractivity contribution in [1.82, 2.24) is 5.32 Å². The van der Waals surface area contributed by atoms with Gasteiger partial charge in [-0.3, -0.25) is 0 Å². The van der Waals surface area contributed by atoms with E-state index >= 15 is 0 Å². The zero-order chi connectivity index (χ0) is 12.2. The van der Waals surface area contributed by atoms with Crippen molar-refractivity contribution in [3.05, 3.63) is 0 Å². The van der Waals surface area contributed by atoms with Crippen molar-refractivity contribution in [3.63, 3.8) is 0 Å². The minimum atomic E-state index is 0.287. The summed E-state index contributed by atoms with van der Waals surface area (Å²) in [5.74, 6) is 0.938. The molecule has 0 radical (unpaired) electrons. The lowest BCUT2D eigenvalue weighted by Crippen LogP contribution is -2.44. The lowest BCUT2D eigenvalue weighted by Gasteiger charge is -2.35. The molecule has 1 nitrogen and oxygen atoms in total. The Morgan fingerprint density at radius 3 is 2.00 bits per heavy atom. The minimum Gasteiger partial charge on any atom is -0.311 e. The van der Waals surface area contributed by atoms with Gasteiger partial charge in [0.1, 0.15) is 0 Å². The van der Waals surface area contributed by atoms with Crippen LogP contribution in [0.3, 0.4) is 0 Å². The first-order chi connectivity index (χ1) is 7.29. The maximum absolute atomic E-state index is 3.79. The predicted octanol–water partition coefficient (Wildman–Crippen LogP) is 4.37. The Bertz CT molecular complexity index is 194. The van der Waals surface area contributed by atoms with Crippen LogP contribution in [0.2, 0.25) is 0 Å². The summed E-state index contributed by atoms with van der Waals surface area (Å²) in [5.41, 5.74) is 0.707. The van der Waals surface area contributed by atoms with Gasteiger partial charge in [-0.15, -0.1) is 0 Å². The first-order valence-corrected chi connectivity index (χ1v) is 7.04. The van der Waals surface area contributed by atoms with Gasteiger partial charge in [0, 0.05) is 5.54 Å². The van der Waals surface area contributed by atoms with Gasteiger partial charge in [0.2, 0.25) is 0 Å². The van der Waals surface area contributed by atoms with Crippen molar-refractivity contribution in [1.29, 1.82) is 0 Å². The molecule has 1 fully saturated rings. The highest BCUT2D eigenvalue weighted by Crippen LogP contribution is 2.28. The normalized spacial score (nSPS) is 20.1. The molecule has 0 aliphatic heterocycles. The Morgan fingerprint density at radius 2 is 1.50 bits per heavy atom. The monoisotopic (exact) mass is 225 g/mol. The van der Waals surface area contributed by atoms with Crippen LogP contribution in [0, 0.1) is 11.3 Å². The van der Waals surface area contributed by atoms with E-state index in [2.05, 4.69) is 39.9 Å². The van der Waals surface area contributed by atoms with E-state index in [1.54, 1.807) is 0 Å². The SMILES string of the molecule is CC(C)(C)CC(C)(C)NCC1CCCCC1. The van der Waals surface area contributed by atoms with Crippen LogP contribution in [0.4, 0.5) is 0 Å². The average Bonchev–Trinajstić information content (AvgIpc) is 2.13. The van der Waals surface area contributed by atoms with E-state index in [0.717, 1.165) is 5.92 Å². The average molecular weight is 225 g/mol. The first-order valence-electron chi connectivity index (χ1n) is 7.04. The van der Waals surface area contributed by atoms with Crippen molar-refractivity contribution in [2.45, 2.75) is 78.7 Å². The van der Waals surface area contributed by atoms with Gasteiger partial charge in [0.25, 0.3) is 0 Å². The number of nitrogens with one attached hydrogen (secondary N) is 1. The fraction of sp³-hybridized carbons (Fsp3) is 1.00. The molecule has 0 spiro atoms. The van der Waals surface area contributed by atoms with Crippen molar-refractivity contribution in [2.24, 2.45) is 11.3 Å². The zero-order valence-electron chi connectivity index (χ0n) is 12.0. The molecule has 1 heteroatoms. The molecule has 1 saturated carbocycles. The van der Waals surface area contributed by atoms with E-state index in [-0.39, 0.29) is 5.54 Å². The second-order valence-electron chi connectivity index (χ2n) is 7.51. The van der Waals surface area contributed by atoms with E-state index in [9.17, 15) is 0 Å². The summed E-state index contributed by atoms with van der Waals surface area (Å²) in [4.78, 5) is 0. The fourth-order valence-electron chi connectivity index (χ4n) is 3.20. The number of hydrogen-bond donors (Lipinski definition) is 1. The summed E-state index contributed by atoms with van der Waals surface area (Å²) in [5, 5.41) is 3.79. The Balaban J connectivity index is 2.29. The zero-order valence-corrected chi connectivity index (χ0v) is 12.0. The standard InChI is InChI=1S/C15H31N/c1-14(2,3)12-15(4,5)16-11-13-9-7-6-8-10-13/h13,16H,6-12H2,1-5H3. The van der Waals surface area contributed by atoms with Gasteiger partial charge < -0.3 is 5.32 Å². The molecule has 1 rings (SSSR count). The summed E-state index contributed by atoms with van der Waals surface area (Å²) in [6, 6.07) is 0. The molecule has 0 bridgehead atoms. The molecule has 0 heterocycles. The van der Waals surface area contributed by atoms with E-state index < -0.39 is 0 Å². The van der Waals surface area contributed by atoms with E-state index in [1.165, 1.54) is 45.1 Å². The molecular formula is C15H31N. The van der Waals surface area contributed by atoms with Crippen molar-refractivity contribution < 1.29 is 0 Å². The van der Waals surface area contributed by atoms with Gasteiger partial charge in [0.15, 0.2) is 0 Å². The lowest BCUT2D eigenvalue weighted by molar-refractivity contribution is 0.221. The molecule has 96 valence electrons. The molecule has 0 aromatic carbocycles. The predicted molar refractivity (Wildman–Crippen MR) is 72.7 cm³/mol. The molecule has 0 unspecified atom stereocenters. The van der Waals surface area contributed by atoms with Crippen LogP contribution in [-0.2, 0) is 0 Å². The third kappa shape index (κ3) is 5.89. The lowest BCUT2D eigenvalue weighted by atomic mass is 9.81. The van der Waals surface area contributed by atoms with Gasteiger partial charge in [-0.25, -0.2) is 0 Å². The van der Waals surface area contributed by atoms with Gasteiger partial charge >= 0.3 is 0 Å². The van der Waals surface area contributed by atoms with Crippen LogP contribution in [-0.4, -0.2) is 12.1 Å². The Kier molecular flexibility index (Phi) is 4.85. The van der Waals surface area contributed by atoms with Crippen LogP contribution in [0.1, 0.15) is 73.1 Å². The number of hydrogen-bond acceptors (Lipinski definition) is 1. The number of rotatable bonds is 4. The molecule has 0 amide bonds. The molecule has 0 aromatic heterocycles. The summed E-state index contributed by atoms with van der Waals surface area (Å²) in [6.45, 7) is 12.9. The molecule has 1 aliphatic rings. The smallest absolute Gasteiger partial charge is 0.0130 e. The largest absolute Gasteiger partial charge is 0.311 e. The molecule has 1 aliphatic carbocycles. The highest BCUT2D eigenvalue weighted by atomic mass is 15.0. The summed E-state index contributed by atoms with van der Waals surface area (Å²) >= 11 is 0. The van der Waals surface area contributed by atoms with Crippen molar-refractivity contribution in [3.8, 4) is 0 Å². The van der Waals surface area contributed by atoms with Crippen LogP contribution >= 0.6 is 0 Å². The van der Waals surface area contributed by atoms with Gasteiger partial charge in [0.05, 0.1) is 0 Å². The van der Waals surface area contributed by atoms with Crippen LogP contribution < -0.4 is 5.32 Å². The maximum Gasteiger partial charge on any atom is 0.0130 e. The third-order valence-corrected chi connectivity index (χ3v) is 3.57. The Morgan fingerprint density at radius 1 is 0.938 bits per heavy atom. The quantitative estimate of drug-likeness (QED) is 0.749. The Labute approximate surface area is 102 Å². The highest BCUT2D eigenvalue weighted by molar-refractivity contribution is 4.84. The molecule has 16 heavy (non-hydrogen) atoms. The van der Waals surface area contributed by atoms with Crippen molar-refractivity contribution >= 4 is 0 Å². The molecule has 1 N–H and O–H groups in total. The second-order valence-corrected chi connectivity index (χ2v) is 7.51. The summed E-state index contributed by atoms with van der Waals surface area (Å²) < 4.78 is 0.